The molecule has 17 heavy (non-hydrogen) atoms. The van der Waals surface area contributed by atoms with E-state index in [1.807, 2.05) is 31.2 Å². The van der Waals surface area contributed by atoms with E-state index in [4.69, 9.17) is 4.74 Å². The van der Waals surface area contributed by atoms with Crippen molar-refractivity contribution < 1.29 is 14.3 Å². The predicted molar refractivity (Wildman–Crippen MR) is 65.8 cm³/mol. The summed E-state index contributed by atoms with van der Waals surface area (Å²) in [6.07, 6.45) is 0. The molecule has 0 unspecified atom stereocenters. The molecule has 0 radical (unpaired) electrons. The molecule has 0 bridgehead atoms. The smallest absolute Gasteiger partial charge is 0.302 e. The van der Waals surface area contributed by atoms with E-state index < -0.39 is 0 Å². The number of aryl methyl sites for hydroxylation is 1. The second-order valence-electron chi connectivity index (χ2n) is 3.85. The first kappa shape index (κ1) is 13.2. The minimum atomic E-state index is -0.336. The number of hydrogen-bond acceptors (Lipinski definition) is 3. The standard InChI is InChI=1S/C13H17NO3/c1-10-4-6-13(7-5-10)14(11(2)15)8-9-17-12(3)16/h4-7H,8-9H2,1-3H3. The van der Waals surface area contributed by atoms with Crippen molar-refractivity contribution >= 4 is 17.6 Å². The molecule has 4 nitrogen and oxygen atoms in total. The normalized spacial score (nSPS) is 9.82. The molecule has 0 N–H and O–H groups in total. The Morgan fingerprint density at radius 2 is 1.76 bits per heavy atom. The van der Waals surface area contributed by atoms with Gasteiger partial charge in [-0.1, -0.05) is 17.7 Å². The van der Waals surface area contributed by atoms with Crippen LogP contribution in [0.25, 0.3) is 0 Å². The first-order chi connectivity index (χ1) is 8.00. The molecule has 0 aliphatic carbocycles. The molecule has 0 saturated carbocycles. The van der Waals surface area contributed by atoms with Gasteiger partial charge in [-0.15, -0.1) is 0 Å². The van der Waals surface area contributed by atoms with Gasteiger partial charge in [0.05, 0.1) is 6.54 Å². The van der Waals surface area contributed by atoms with Crippen molar-refractivity contribution in [3.63, 3.8) is 0 Å². The van der Waals surface area contributed by atoms with Crippen LogP contribution >= 0.6 is 0 Å². The highest BCUT2D eigenvalue weighted by atomic mass is 16.5. The van der Waals surface area contributed by atoms with Crippen LogP contribution in [0, 0.1) is 6.92 Å². The Morgan fingerprint density at radius 1 is 1.18 bits per heavy atom. The van der Waals surface area contributed by atoms with Gasteiger partial charge in [-0.25, -0.2) is 0 Å². The van der Waals surface area contributed by atoms with Gasteiger partial charge in [0, 0.05) is 19.5 Å². The lowest BCUT2D eigenvalue weighted by atomic mass is 10.2. The Labute approximate surface area is 101 Å². The zero-order valence-corrected chi connectivity index (χ0v) is 10.4. The molecule has 0 aliphatic rings. The molecule has 0 aromatic heterocycles. The molecule has 4 heteroatoms. The molecule has 0 fully saturated rings. The largest absolute Gasteiger partial charge is 0.464 e. The molecule has 0 atom stereocenters. The van der Waals surface area contributed by atoms with Crippen LogP contribution in [0.4, 0.5) is 5.69 Å². The second kappa shape index (κ2) is 6.03. The maximum atomic E-state index is 11.5. The molecular formula is C13H17NO3. The third-order valence-corrected chi connectivity index (χ3v) is 2.35. The van der Waals surface area contributed by atoms with E-state index in [1.165, 1.54) is 13.8 Å². The lowest BCUT2D eigenvalue weighted by Gasteiger charge is -2.21. The maximum absolute atomic E-state index is 11.5. The molecular weight excluding hydrogens is 218 g/mol. The van der Waals surface area contributed by atoms with Crippen LogP contribution in [0.2, 0.25) is 0 Å². The zero-order valence-electron chi connectivity index (χ0n) is 10.4. The molecule has 0 heterocycles. The summed E-state index contributed by atoms with van der Waals surface area (Å²) in [5.74, 6) is -0.404. The number of hydrogen-bond donors (Lipinski definition) is 0. The van der Waals surface area contributed by atoms with Crippen LogP contribution < -0.4 is 4.90 Å². The van der Waals surface area contributed by atoms with Crippen LogP contribution in [0.1, 0.15) is 19.4 Å². The number of ether oxygens (including phenoxy) is 1. The van der Waals surface area contributed by atoms with E-state index in [-0.39, 0.29) is 18.5 Å². The SMILES string of the molecule is CC(=O)OCCN(C(C)=O)c1ccc(C)cc1. The van der Waals surface area contributed by atoms with E-state index in [0.717, 1.165) is 11.3 Å². The highest BCUT2D eigenvalue weighted by Gasteiger charge is 2.11. The highest BCUT2D eigenvalue weighted by Crippen LogP contribution is 2.14. The summed E-state index contributed by atoms with van der Waals surface area (Å²) in [6, 6.07) is 7.64. The fourth-order valence-electron chi connectivity index (χ4n) is 1.47. The summed E-state index contributed by atoms with van der Waals surface area (Å²) in [5.41, 5.74) is 1.95. The van der Waals surface area contributed by atoms with Crippen LogP contribution in [0.3, 0.4) is 0 Å². The van der Waals surface area contributed by atoms with Crippen LogP contribution in [0.15, 0.2) is 24.3 Å². The van der Waals surface area contributed by atoms with Crippen LogP contribution in [-0.4, -0.2) is 25.0 Å². The number of esters is 1. The highest BCUT2D eigenvalue weighted by molar-refractivity contribution is 5.91. The minimum Gasteiger partial charge on any atom is -0.464 e. The quantitative estimate of drug-likeness (QED) is 0.749. The molecule has 0 spiro atoms. The van der Waals surface area contributed by atoms with Crippen molar-refractivity contribution in [2.24, 2.45) is 0 Å². The van der Waals surface area contributed by atoms with E-state index in [2.05, 4.69) is 0 Å². The summed E-state index contributed by atoms with van der Waals surface area (Å²) in [7, 11) is 0. The Hall–Kier alpha value is -1.84. The third-order valence-electron chi connectivity index (χ3n) is 2.35. The zero-order chi connectivity index (χ0) is 12.8. The van der Waals surface area contributed by atoms with Gasteiger partial charge < -0.3 is 9.64 Å². The van der Waals surface area contributed by atoms with Crippen LogP contribution in [0.5, 0.6) is 0 Å². The lowest BCUT2D eigenvalue weighted by Crippen LogP contribution is -2.32. The number of carbonyl (C=O) groups is 2. The maximum Gasteiger partial charge on any atom is 0.302 e. The average molecular weight is 235 g/mol. The van der Waals surface area contributed by atoms with E-state index in [0.29, 0.717) is 6.54 Å². The first-order valence-electron chi connectivity index (χ1n) is 5.49. The van der Waals surface area contributed by atoms with Crippen molar-refractivity contribution in [2.75, 3.05) is 18.1 Å². The lowest BCUT2D eigenvalue weighted by molar-refractivity contribution is -0.140. The third kappa shape index (κ3) is 4.26. The van der Waals surface area contributed by atoms with Gasteiger partial charge in [-0.2, -0.15) is 0 Å². The topological polar surface area (TPSA) is 46.6 Å². The number of anilines is 1. The van der Waals surface area contributed by atoms with E-state index >= 15 is 0 Å². The first-order valence-corrected chi connectivity index (χ1v) is 5.49. The fraction of sp³-hybridized carbons (Fsp3) is 0.385. The summed E-state index contributed by atoms with van der Waals surface area (Å²) in [4.78, 5) is 23.7. The summed E-state index contributed by atoms with van der Waals surface area (Å²) in [5, 5.41) is 0. The molecule has 92 valence electrons. The molecule has 1 amide bonds. The number of nitrogens with zero attached hydrogens (tertiary/aromatic N) is 1. The van der Waals surface area contributed by atoms with E-state index in [9.17, 15) is 9.59 Å². The Bertz CT molecular complexity index is 398. The average Bonchev–Trinajstić information content (AvgIpc) is 2.25. The number of rotatable bonds is 4. The van der Waals surface area contributed by atoms with Gasteiger partial charge in [0.2, 0.25) is 5.91 Å². The Morgan fingerprint density at radius 3 is 2.24 bits per heavy atom. The van der Waals surface area contributed by atoms with Crippen molar-refractivity contribution in [2.45, 2.75) is 20.8 Å². The summed E-state index contributed by atoms with van der Waals surface area (Å²) < 4.78 is 4.83. The number of amides is 1. The minimum absolute atomic E-state index is 0.0685. The van der Waals surface area contributed by atoms with Crippen molar-refractivity contribution in [3.05, 3.63) is 29.8 Å². The second-order valence-corrected chi connectivity index (χ2v) is 3.85. The van der Waals surface area contributed by atoms with Gasteiger partial charge in [-0.3, -0.25) is 9.59 Å². The summed E-state index contributed by atoms with van der Waals surface area (Å²) in [6.45, 7) is 5.42. The van der Waals surface area contributed by atoms with Gasteiger partial charge in [0.15, 0.2) is 0 Å². The number of carbonyl (C=O) groups excluding carboxylic acids is 2. The fourth-order valence-corrected chi connectivity index (χ4v) is 1.47. The molecule has 1 aromatic rings. The molecule has 1 aromatic carbocycles. The van der Waals surface area contributed by atoms with Crippen molar-refractivity contribution in [1.29, 1.82) is 0 Å². The van der Waals surface area contributed by atoms with Crippen LogP contribution in [-0.2, 0) is 14.3 Å². The molecule has 1 rings (SSSR count). The molecule has 0 saturated heterocycles. The van der Waals surface area contributed by atoms with Gasteiger partial charge in [0.1, 0.15) is 6.61 Å². The van der Waals surface area contributed by atoms with Gasteiger partial charge >= 0.3 is 5.97 Å². The Balaban J connectivity index is 2.69. The van der Waals surface area contributed by atoms with Crippen molar-refractivity contribution in [1.82, 2.24) is 0 Å². The monoisotopic (exact) mass is 235 g/mol. The summed E-state index contributed by atoms with van der Waals surface area (Å²) >= 11 is 0. The molecule has 0 aliphatic heterocycles. The number of benzene rings is 1. The van der Waals surface area contributed by atoms with Gasteiger partial charge in [0.25, 0.3) is 0 Å². The Kier molecular flexibility index (Phi) is 4.69. The van der Waals surface area contributed by atoms with Crippen molar-refractivity contribution in [3.8, 4) is 0 Å². The van der Waals surface area contributed by atoms with E-state index in [1.54, 1.807) is 4.90 Å². The predicted octanol–water partition coefficient (Wildman–Crippen LogP) is 1.91. The van der Waals surface area contributed by atoms with Gasteiger partial charge in [-0.05, 0) is 19.1 Å².